The van der Waals surface area contributed by atoms with Crippen LogP contribution < -0.4 is 4.87 Å². The maximum atomic E-state index is 13.5. The minimum absolute atomic E-state index is 0.0374. The molecule has 7 nitrogen and oxygen atoms in total. The molecule has 0 bridgehead atoms. The third-order valence-corrected chi connectivity index (χ3v) is 9.96. The van der Waals surface area contributed by atoms with Crippen LogP contribution in [-0.2, 0) is 14.8 Å². The van der Waals surface area contributed by atoms with Gasteiger partial charge in [0.1, 0.15) is 5.25 Å². The number of rotatable bonds is 6. The number of sulfonamides is 1. The van der Waals surface area contributed by atoms with Crippen molar-refractivity contribution in [1.29, 1.82) is 0 Å². The second kappa shape index (κ2) is 9.62. The molecule has 1 amide bonds. The number of thiazole rings is 1. The van der Waals surface area contributed by atoms with E-state index in [1.807, 2.05) is 60.7 Å². The molecule has 1 aliphatic rings. The minimum Gasteiger partial charge on any atom is -0.339 e. The average Bonchev–Trinajstić information content (AvgIpc) is 3.17. The SMILES string of the molecule is Cc1[nH]c(=O)sc1S(=O)(=O)N1CCN(C(=O)[C@H](Sc2ccccc2)c2ccccc2)CC1. The summed E-state index contributed by atoms with van der Waals surface area (Å²) in [5, 5.41) is -0.418. The first-order valence-electron chi connectivity index (χ1n) is 10.1. The van der Waals surface area contributed by atoms with Crippen molar-refractivity contribution in [3.8, 4) is 0 Å². The third kappa shape index (κ3) is 4.83. The number of aromatic amines is 1. The summed E-state index contributed by atoms with van der Waals surface area (Å²) in [4.78, 5) is 29.9. The molecule has 1 atom stereocenters. The Hall–Kier alpha value is -2.40. The van der Waals surface area contributed by atoms with Crippen LogP contribution in [0.2, 0.25) is 0 Å². The van der Waals surface area contributed by atoms with Crippen LogP contribution in [0, 0.1) is 6.92 Å². The molecule has 2 heterocycles. The lowest BCUT2D eigenvalue weighted by Gasteiger charge is -2.35. The first-order chi connectivity index (χ1) is 15.4. The van der Waals surface area contributed by atoms with Gasteiger partial charge in [0.05, 0.1) is 0 Å². The number of H-pyrrole nitrogens is 1. The molecule has 0 saturated carbocycles. The van der Waals surface area contributed by atoms with Gasteiger partial charge < -0.3 is 9.88 Å². The molecule has 32 heavy (non-hydrogen) atoms. The largest absolute Gasteiger partial charge is 0.339 e. The number of nitrogens with one attached hydrogen (secondary N) is 1. The van der Waals surface area contributed by atoms with E-state index in [-0.39, 0.29) is 23.2 Å². The van der Waals surface area contributed by atoms with E-state index in [0.717, 1.165) is 10.5 Å². The number of thioether (sulfide) groups is 1. The van der Waals surface area contributed by atoms with E-state index in [4.69, 9.17) is 0 Å². The van der Waals surface area contributed by atoms with Crippen LogP contribution in [-0.4, -0.2) is 54.7 Å². The van der Waals surface area contributed by atoms with Crippen LogP contribution in [0.1, 0.15) is 16.5 Å². The predicted molar refractivity (Wildman–Crippen MR) is 126 cm³/mol. The molecule has 0 spiro atoms. The molecule has 168 valence electrons. The Kier molecular flexibility index (Phi) is 6.85. The maximum absolute atomic E-state index is 13.5. The molecule has 3 aromatic rings. The highest BCUT2D eigenvalue weighted by molar-refractivity contribution is 8.00. The molecule has 2 aromatic carbocycles. The summed E-state index contributed by atoms with van der Waals surface area (Å²) in [5.74, 6) is -0.0374. The quantitative estimate of drug-likeness (QED) is 0.538. The fraction of sp³-hybridized carbons (Fsp3) is 0.273. The summed E-state index contributed by atoms with van der Waals surface area (Å²) in [6.07, 6.45) is 0. The van der Waals surface area contributed by atoms with Crippen molar-refractivity contribution in [2.75, 3.05) is 26.2 Å². The van der Waals surface area contributed by atoms with Crippen molar-refractivity contribution in [3.63, 3.8) is 0 Å². The number of carbonyl (C=O) groups is 1. The maximum Gasteiger partial charge on any atom is 0.305 e. The van der Waals surface area contributed by atoms with E-state index < -0.39 is 20.1 Å². The molecule has 1 fully saturated rings. The van der Waals surface area contributed by atoms with E-state index in [2.05, 4.69) is 4.98 Å². The van der Waals surface area contributed by atoms with Gasteiger partial charge in [-0.3, -0.25) is 9.59 Å². The van der Waals surface area contributed by atoms with Crippen LogP contribution in [0.15, 0.2) is 74.6 Å². The summed E-state index contributed by atoms with van der Waals surface area (Å²) in [6.45, 7) is 2.56. The van der Waals surface area contributed by atoms with Gasteiger partial charge in [0, 0.05) is 36.8 Å². The number of hydrogen-bond acceptors (Lipinski definition) is 6. The van der Waals surface area contributed by atoms with E-state index in [0.29, 0.717) is 30.1 Å². The topological polar surface area (TPSA) is 90.5 Å². The lowest BCUT2D eigenvalue weighted by molar-refractivity contribution is -0.131. The van der Waals surface area contributed by atoms with Gasteiger partial charge >= 0.3 is 4.87 Å². The van der Waals surface area contributed by atoms with E-state index >= 15 is 0 Å². The zero-order chi connectivity index (χ0) is 22.7. The highest BCUT2D eigenvalue weighted by Crippen LogP contribution is 2.37. The molecular formula is C22H23N3O4S3. The number of benzene rings is 2. The van der Waals surface area contributed by atoms with Crippen LogP contribution in [0.5, 0.6) is 0 Å². The lowest BCUT2D eigenvalue weighted by atomic mass is 10.1. The number of aromatic nitrogens is 1. The van der Waals surface area contributed by atoms with Gasteiger partial charge in [0.15, 0.2) is 4.21 Å². The van der Waals surface area contributed by atoms with Crippen molar-refractivity contribution in [1.82, 2.24) is 14.2 Å². The third-order valence-electron chi connectivity index (χ3n) is 5.23. The number of aryl methyl sites for hydroxylation is 1. The number of hydrogen-bond donors (Lipinski definition) is 1. The fourth-order valence-electron chi connectivity index (χ4n) is 3.59. The normalized spacial score (nSPS) is 16.1. The number of nitrogens with zero attached hydrogens (tertiary/aromatic N) is 2. The van der Waals surface area contributed by atoms with Gasteiger partial charge in [0.25, 0.3) is 10.0 Å². The second-order valence-electron chi connectivity index (χ2n) is 7.38. The zero-order valence-electron chi connectivity index (χ0n) is 17.4. The van der Waals surface area contributed by atoms with E-state index in [1.165, 1.54) is 16.1 Å². The molecule has 0 aliphatic carbocycles. The van der Waals surface area contributed by atoms with E-state index in [9.17, 15) is 18.0 Å². The van der Waals surface area contributed by atoms with Gasteiger partial charge in [-0.25, -0.2) is 8.42 Å². The van der Waals surface area contributed by atoms with Gasteiger partial charge in [0.2, 0.25) is 5.91 Å². The molecular weight excluding hydrogens is 466 g/mol. The molecule has 1 saturated heterocycles. The van der Waals surface area contributed by atoms with Gasteiger partial charge in [-0.1, -0.05) is 59.9 Å². The van der Waals surface area contributed by atoms with E-state index in [1.54, 1.807) is 11.8 Å². The molecule has 10 heteroatoms. The molecule has 1 N–H and O–H groups in total. The van der Waals surface area contributed by atoms with Crippen LogP contribution in [0.25, 0.3) is 0 Å². The zero-order valence-corrected chi connectivity index (χ0v) is 19.9. The minimum atomic E-state index is -3.76. The second-order valence-corrected chi connectivity index (χ2v) is 11.7. The summed E-state index contributed by atoms with van der Waals surface area (Å²) in [6, 6.07) is 19.4. The fourth-order valence-corrected chi connectivity index (χ4v) is 7.58. The first-order valence-corrected chi connectivity index (χ1v) is 13.2. The van der Waals surface area contributed by atoms with Gasteiger partial charge in [-0.15, -0.1) is 11.8 Å². The summed E-state index contributed by atoms with van der Waals surface area (Å²) in [5.41, 5.74) is 1.26. The van der Waals surface area contributed by atoms with Gasteiger partial charge in [-0.2, -0.15) is 4.31 Å². The van der Waals surface area contributed by atoms with Crippen molar-refractivity contribution in [2.45, 2.75) is 21.3 Å². The Morgan fingerprint density at radius 2 is 1.59 bits per heavy atom. The van der Waals surface area contributed by atoms with Crippen molar-refractivity contribution < 1.29 is 13.2 Å². The Bertz CT molecular complexity index is 1230. The Labute approximate surface area is 195 Å². The standard InChI is InChI=1S/C22H23N3O4S3/c1-16-21(31-22(27)23-16)32(28,29)25-14-12-24(13-15-25)20(26)19(17-8-4-2-5-9-17)30-18-10-6-3-7-11-18/h2-11,19H,12-15H2,1H3,(H,23,27)/t19-/m1/s1. The molecule has 0 radical (unpaired) electrons. The number of amides is 1. The average molecular weight is 490 g/mol. The van der Waals surface area contributed by atoms with Gasteiger partial charge in [-0.05, 0) is 24.6 Å². The van der Waals surface area contributed by atoms with Crippen molar-refractivity contribution >= 4 is 39.0 Å². The number of piperazine rings is 1. The van der Waals surface area contributed by atoms with Crippen molar-refractivity contribution in [3.05, 3.63) is 81.6 Å². The highest BCUT2D eigenvalue weighted by Gasteiger charge is 2.35. The number of carbonyl (C=O) groups excluding carboxylic acids is 1. The molecule has 1 aliphatic heterocycles. The Morgan fingerprint density at radius 1 is 1.00 bits per heavy atom. The molecule has 0 unspecified atom stereocenters. The Morgan fingerprint density at radius 3 is 2.16 bits per heavy atom. The monoisotopic (exact) mass is 489 g/mol. The smallest absolute Gasteiger partial charge is 0.305 e. The van der Waals surface area contributed by atoms with Crippen LogP contribution >= 0.6 is 23.1 Å². The molecule has 1 aromatic heterocycles. The molecule has 4 rings (SSSR count). The van der Waals surface area contributed by atoms with Crippen molar-refractivity contribution in [2.24, 2.45) is 0 Å². The predicted octanol–water partition coefficient (Wildman–Crippen LogP) is 3.11. The van der Waals surface area contributed by atoms with Crippen LogP contribution in [0.4, 0.5) is 0 Å². The van der Waals surface area contributed by atoms with Crippen LogP contribution in [0.3, 0.4) is 0 Å². The Balaban J connectivity index is 1.50. The summed E-state index contributed by atoms with van der Waals surface area (Å²) < 4.78 is 27.3. The lowest BCUT2D eigenvalue weighted by Crippen LogP contribution is -2.51. The highest BCUT2D eigenvalue weighted by atomic mass is 32.2. The first kappa shape index (κ1) is 22.8. The summed E-state index contributed by atoms with van der Waals surface area (Å²) >= 11 is 2.19. The summed E-state index contributed by atoms with van der Waals surface area (Å²) in [7, 11) is -3.76.